The maximum Gasteiger partial charge on any atom is 0.251 e. The van der Waals surface area contributed by atoms with Gasteiger partial charge in [-0.3, -0.25) is 14.5 Å². The van der Waals surface area contributed by atoms with Crippen molar-refractivity contribution in [3.8, 4) is 0 Å². The van der Waals surface area contributed by atoms with Crippen molar-refractivity contribution in [3.63, 3.8) is 0 Å². The highest BCUT2D eigenvalue weighted by molar-refractivity contribution is 5.95. The second-order valence-electron chi connectivity index (χ2n) is 6.42. The molecule has 4 rings (SSSR count). The fourth-order valence-corrected chi connectivity index (χ4v) is 3.16. The molecule has 138 valence electrons. The first-order valence-corrected chi connectivity index (χ1v) is 8.92. The number of nitrogens with zero attached hydrogens (tertiary/aromatic N) is 3. The second kappa shape index (κ2) is 7.49. The Labute approximate surface area is 156 Å². The van der Waals surface area contributed by atoms with Gasteiger partial charge in [0.25, 0.3) is 5.91 Å². The summed E-state index contributed by atoms with van der Waals surface area (Å²) in [6.45, 7) is 1.60. The average molecular weight is 364 g/mol. The quantitative estimate of drug-likeness (QED) is 0.728. The van der Waals surface area contributed by atoms with Crippen LogP contribution < -0.4 is 10.2 Å². The maximum absolute atomic E-state index is 12.3. The fourth-order valence-electron chi connectivity index (χ4n) is 3.16. The van der Waals surface area contributed by atoms with Gasteiger partial charge in [-0.15, -0.1) is 0 Å². The monoisotopic (exact) mass is 364 g/mol. The Kier molecular flexibility index (Phi) is 4.74. The van der Waals surface area contributed by atoms with Crippen LogP contribution in [0.1, 0.15) is 28.1 Å². The van der Waals surface area contributed by atoms with E-state index < -0.39 is 0 Å². The summed E-state index contributed by atoms with van der Waals surface area (Å²) >= 11 is 0. The molecule has 7 nitrogen and oxygen atoms in total. The standard InChI is InChI=1S/C20H20N4O3/c25-19-9-12-24-18(8-11-22-24)23(19)14-15-3-5-16(6-4-15)20(26)21-10-7-17-2-1-13-27-17/h1-6,8,11,13H,7,9-10,12,14H2,(H,21,26). The topological polar surface area (TPSA) is 80.4 Å². The Hall–Kier alpha value is -3.35. The second-order valence-corrected chi connectivity index (χ2v) is 6.42. The zero-order valence-corrected chi connectivity index (χ0v) is 14.8. The van der Waals surface area contributed by atoms with Gasteiger partial charge >= 0.3 is 0 Å². The molecular formula is C20H20N4O3. The molecule has 1 aliphatic heterocycles. The van der Waals surface area contributed by atoms with Crippen LogP contribution in [0.3, 0.4) is 0 Å². The van der Waals surface area contributed by atoms with E-state index in [0.29, 0.717) is 38.0 Å². The number of carbonyl (C=O) groups is 2. The number of hydrogen-bond donors (Lipinski definition) is 1. The van der Waals surface area contributed by atoms with E-state index in [2.05, 4.69) is 10.4 Å². The average Bonchev–Trinajstić information content (AvgIpc) is 3.36. The van der Waals surface area contributed by atoms with Gasteiger partial charge in [0, 0.05) is 31.0 Å². The molecular weight excluding hydrogens is 344 g/mol. The summed E-state index contributed by atoms with van der Waals surface area (Å²) in [5, 5.41) is 7.11. The van der Waals surface area contributed by atoms with Crippen LogP contribution in [0.4, 0.5) is 5.82 Å². The highest BCUT2D eigenvalue weighted by Crippen LogP contribution is 2.23. The molecule has 0 radical (unpaired) electrons. The first-order valence-electron chi connectivity index (χ1n) is 8.92. The lowest BCUT2D eigenvalue weighted by atomic mass is 10.1. The van der Waals surface area contributed by atoms with Gasteiger partial charge in [-0.25, -0.2) is 4.68 Å². The van der Waals surface area contributed by atoms with E-state index in [1.165, 1.54) is 0 Å². The van der Waals surface area contributed by atoms with Gasteiger partial charge in [0.1, 0.15) is 11.6 Å². The normalized spacial score (nSPS) is 13.5. The molecule has 1 N–H and O–H groups in total. The molecule has 7 heteroatoms. The number of benzene rings is 1. The summed E-state index contributed by atoms with van der Waals surface area (Å²) < 4.78 is 7.08. The zero-order chi connectivity index (χ0) is 18.6. The van der Waals surface area contributed by atoms with Crippen molar-refractivity contribution in [2.75, 3.05) is 11.4 Å². The molecule has 0 unspecified atom stereocenters. The van der Waals surface area contributed by atoms with Gasteiger partial charge in [0.15, 0.2) is 0 Å². The third-order valence-electron chi connectivity index (χ3n) is 4.60. The van der Waals surface area contributed by atoms with Gasteiger partial charge in [-0.1, -0.05) is 12.1 Å². The smallest absolute Gasteiger partial charge is 0.251 e. The van der Waals surface area contributed by atoms with Crippen molar-refractivity contribution in [2.24, 2.45) is 0 Å². The molecule has 27 heavy (non-hydrogen) atoms. The minimum atomic E-state index is -0.125. The third kappa shape index (κ3) is 3.76. The number of furan rings is 1. The molecule has 1 aliphatic rings. The number of aryl methyl sites for hydroxylation is 1. The van der Waals surface area contributed by atoms with Crippen molar-refractivity contribution >= 4 is 17.6 Å². The van der Waals surface area contributed by atoms with Crippen LogP contribution in [0.15, 0.2) is 59.3 Å². The van der Waals surface area contributed by atoms with E-state index in [1.807, 2.05) is 35.0 Å². The summed E-state index contributed by atoms with van der Waals surface area (Å²) in [6.07, 6.45) is 4.43. The van der Waals surface area contributed by atoms with Crippen molar-refractivity contribution in [3.05, 3.63) is 71.8 Å². The van der Waals surface area contributed by atoms with Crippen molar-refractivity contribution in [2.45, 2.75) is 25.9 Å². The molecule has 3 aromatic rings. The Bertz CT molecular complexity index is 929. The maximum atomic E-state index is 12.3. The highest BCUT2D eigenvalue weighted by atomic mass is 16.3. The zero-order valence-electron chi connectivity index (χ0n) is 14.8. The minimum absolute atomic E-state index is 0.0859. The SMILES string of the molecule is O=C(NCCc1ccco1)c1ccc(CN2C(=O)CCn3nccc32)cc1. The van der Waals surface area contributed by atoms with E-state index in [0.717, 1.165) is 17.1 Å². The number of hydrogen-bond acceptors (Lipinski definition) is 4. The lowest BCUT2D eigenvalue weighted by Gasteiger charge is -2.27. The Morgan fingerprint density at radius 1 is 1.19 bits per heavy atom. The number of aromatic nitrogens is 2. The minimum Gasteiger partial charge on any atom is -0.469 e. The summed E-state index contributed by atoms with van der Waals surface area (Å²) in [5.74, 6) is 1.62. The molecule has 0 bridgehead atoms. The molecule has 0 fully saturated rings. The third-order valence-corrected chi connectivity index (χ3v) is 4.60. The Morgan fingerprint density at radius 3 is 2.81 bits per heavy atom. The lowest BCUT2D eigenvalue weighted by Crippen LogP contribution is -2.36. The number of anilines is 1. The number of amides is 2. The van der Waals surface area contributed by atoms with Gasteiger partial charge < -0.3 is 9.73 Å². The number of nitrogens with one attached hydrogen (secondary N) is 1. The molecule has 2 aromatic heterocycles. The highest BCUT2D eigenvalue weighted by Gasteiger charge is 2.24. The van der Waals surface area contributed by atoms with E-state index in [1.54, 1.807) is 29.5 Å². The van der Waals surface area contributed by atoms with Crippen molar-refractivity contribution in [1.82, 2.24) is 15.1 Å². The van der Waals surface area contributed by atoms with Crippen LogP contribution in [-0.4, -0.2) is 28.1 Å². The van der Waals surface area contributed by atoms with Crippen LogP contribution in [-0.2, 0) is 24.3 Å². The molecule has 0 saturated carbocycles. The molecule has 0 aliphatic carbocycles. The molecule has 0 saturated heterocycles. The molecule has 1 aromatic carbocycles. The summed E-state index contributed by atoms with van der Waals surface area (Å²) in [6, 6.07) is 12.9. The predicted octanol–water partition coefficient (Wildman–Crippen LogP) is 2.39. The van der Waals surface area contributed by atoms with Crippen LogP contribution in [0.5, 0.6) is 0 Å². The fraction of sp³-hybridized carbons (Fsp3) is 0.250. The van der Waals surface area contributed by atoms with Gasteiger partial charge in [-0.05, 0) is 29.8 Å². The number of rotatable bonds is 6. The number of fused-ring (bicyclic) bond motifs is 1. The summed E-state index contributed by atoms with van der Waals surface area (Å²) in [4.78, 5) is 26.2. The van der Waals surface area contributed by atoms with Crippen LogP contribution in [0, 0.1) is 0 Å². The van der Waals surface area contributed by atoms with Crippen molar-refractivity contribution in [1.29, 1.82) is 0 Å². The summed E-state index contributed by atoms with van der Waals surface area (Å²) in [5.41, 5.74) is 1.55. The summed E-state index contributed by atoms with van der Waals surface area (Å²) in [7, 11) is 0. The molecule has 0 atom stereocenters. The van der Waals surface area contributed by atoms with E-state index >= 15 is 0 Å². The van der Waals surface area contributed by atoms with Gasteiger partial charge in [0.05, 0.1) is 25.5 Å². The predicted molar refractivity (Wildman–Crippen MR) is 99.2 cm³/mol. The molecule has 3 heterocycles. The molecule has 0 spiro atoms. The van der Waals surface area contributed by atoms with Crippen molar-refractivity contribution < 1.29 is 14.0 Å². The molecule has 2 amide bonds. The van der Waals surface area contributed by atoms with E-state index in [4.69, 9.17) is 4.42 Å². The van der Waals surface area contributed by atoms with Crippen LogP contribution >= 0.6 is 0 Å². The number of carbonyl (C=O) groups excluding carboxylic acids is 2. The van der Waals surface area contributed by atoms with Gasteiger partial charge in [0.2, 0.25) is 5.91 Å². The Morgan fingerprint density at radius 2 is 2.04 bits per heavy atom. The van der Waals surface area contributed by atoms with Gasteiger partial charge in [-0.2, -0.15) is 5.10 Å². The first kappa shape index (κ1) is 17.1. The Balaban J connectivity index is 1.36. The largest absolute Gasteiger partial charge is 0.469 e. The first-order chi connectivity index (χ1) is 13.2. The lowest BCUT2D eigenvalue weighted by molar-refractivity contribution is -0.119. The van der Waals surface area contributed by atoms with E-state index in [-0.39, 0.29) is 11.8 Å². The van der Waals surface area contributed by atoms with Crippen LogP contribution in [0.2, 0.25) is 0 Å². The van der Waals surface area contributed by atoms with E-state index in [9.17, 15) is 9.59 Å². The van der Waals surface area contributed by atoms with Crippen LogP contribution in [0.25, 0.3) is 0 Å².